The first kappa shape index (κ1) is 39.8. The monoisotopic (exact) mass is 741 g/mol. The molecule has 0 radical (unpaired) electrons. The second-order valence-electron chi connectivity index (χ2n) is 14.5. The number of amides is 1. The molecule has 0 aliphatic carbocycles. The van der Waals surface area contributed by atoms with Gasteiger partial charge in [-0.3, -0.25) is 4.79 Å². The summed E-state index contributed by atoms with van der Waals surface area (Å²) in [6.07, 6.45) is 4.12. The lowest BCUT2D eigenvalue weighted by Gasteiger charge is -2.23. The zero-order valence-electron chi connectivity index (χ0n) is 30.4. The Hall–Kier alpha value is -3.95. The number of halogens is 2. The third-order valence-corrected chi connectivity index (χ3v) is 10.2. The lowest BCUT2D eigenvalue weighted by atomic mass is 9.95. The zero-order chi connectivity index (χ0) is 37.3. The number of aliphatic hydroxyl groups is 1. The highest BCUT2D eigenvalue weighted by molar-refractivity contribution is 7.80. The van der Waals surface area contributed by atoms with Crippen molar-refractivity contribution in [2.45, 2.75) is 52.7 Å². The number of nitrogens with one attached hydrogen (secondary N) is 2. The number of thiocarbonyl (C=S) groups is 1. The Balaban J connectivity index is 1.66. The van der Waals surface area contributed by atoms with Crippen LogP contribution >= 0.6 is 12.2 Å². The molecule has 0 aliphatic heterocycles. The van der Waals surface area contributed by atoms with Gasteiger partial charge in [0.2, 0.25) is 0 Å². The number of aliphatic hydroxyl groups excluding tert-OH is 1. The number of carbonyl (C=O) groups excluding carboxylic acids is 1. The summed E-state index contributed by atoms with van der Waals surface area (Å²) in [7, 11) is 2.06. The van der Waals surface area contributed by atoms with Crippen LogP contribution in [0.5, 0.6) is 11.5 Å². The Morgan fingerprint density at radius 3 is 2.41 bits per heavy atom. The van der Waals surface area contributed by atoms with Gasteiger partial charge in [0.05, 0.1) is 5.39 Å². The minimum Gasteiger partial charge on any atom is -0.450 e. The number of carbonyl (C=O) groups is 1. The Morgan fingerprint density at radius 2 is 1.78 bits per heavy atom. The predicted octanol–water partition coefficient (Wildman–Crippen LogP) is 7.50. The maximum atomic E-state index is 15.5. The summed E-state index contributed by atoms with van der Waals surface area (Å²) in [5.41, 5.74) is 2.14. The van der Waals surface area contributed by atoms with E-state index < -0.39 is 30.9 Å². The molecule has 2 heterocycles. The van der Waals surface area contributed by atoms with E-state index >= 15 is 8.78 Å². The molecule has 1 amide bonds. The van der Waals surface area contributed by atoms with Gasteiger partial charge >= 0.3 is 0 Å². The summed E-state index contributed by atoms with van der Waals surface area (Å²) in [6.45, 7) is 12.8. The standard InChI is InChI=1S/C37H49F2N5O5SSi/c1-37(2,23-45)22-41-36(50)42-27-19-29(38)33(30(39)20-27)49-31-13-14-40-34-32(31)28(21-44(34)24-48-17-18-51(5,6)7)25-9-11-26(12-10-25)35(46)43(3)15-8-16-47-4/h9-14,19-21,45H,8,15-18,22-24H2,1-7H3,(H2,41,42,50). The van der Waals surface area contributed by atoms with E-state index in [9.17, 15) is 9.90 Å². The van der Waals surface area contributed by atoms with Crippen LogP contribution in [0.25, 0.3) is 22.2 Å². The third-order valence-electron chi connectivity index (χ3n) is 8.20. The maximum absolute atomic E-state index is 15.5. The summed E-state index contributed by atoms with van der Waals surface area (Å²) in [4.78, 5) is 19.3. The second kappa shape index (κ2) is 17.5. The molecule has 0 fully saturated rings. The number of anilines is 1. The lowest BCUT2D eigenvalue weighted by molar-refractivity contribution is 0.0779. The smallest absolute Gasteiger partial charge is 0.253 e. The van der Waals surface area contributed by atoms with E-state index in [2.05, 4.69) is 35.3 Å². The summed E-state index contributed by atoms with van der Waals surface area (Å²) < 4.78 is 50.0. The van der Waals surface area contributed by atoms with Crippen molar-refractivity contribution in [3.8, 4) is 22.6 Å². The van der Waals surface area contributed by atoms with Crippen LogP contribution in [0.2, 0.25) is 25.7 Å². The number of ether oxygens (including phenoxy) is 3. The molecule has 2 aromatic heterocycles. The third kappa shape index (κ3) is 11.0. The van der Waals surface area contributed by atoms with Gasteiger partial charge in [-0.25, -0.2) is 13.8 Å². The number of rotatable bonds is 17. The summed E-state index contributed by atoms with van der Waals surface area (Å²) in [5, 5.41) is 15.9. The van der Waals surface area contributed by atoms with Crippen molar-refractivity contribution in [1.29, 1.82) is 0 Å². The Bertz CT molecular complexity index is 1790. The Morgan fingerprint density at radius 1 is 1.10 bits per heavy atom. The predicted molar refractivity (Wildman–Crippen MR) is 204 cm³/mol. The minimum absolute atomic E-state index is 0.0603. The normalized spacial score (nSPS) is 11.9. The molecule has 0 saturated carbocycles. The zero-order valence-corrected chi connectivity index (χ0v) is 32.3. The van der Waals surface area contributed by atoms with Crippen molar-refractivity contribution in [2.75, 3.05) is 52.4 Å². The molecule has 51 heavy (non-hydrogen) atoms. The van der Waals surface area contributed by atoms with E-state index in [0.29, 0.717) is 48.5 Å². The van der Waals surface area contributed by atoms with Gasteiger partial charge in [0.1, 0.15) is 18.1 Å². The number of fused-ring (bicyclic) bond motifs is 1. The summed E-state index contributed by atoms with van der Waals surface area (Å²) >= 11 is 5.28. The molecule has 0 saturated heterocycles. The number of nitrogens with zero attached hydrogens (tertiary/aromatic N) is 3. The van der Waals surface area contributed by atoms with E-state index in [4.69, 9.17) is 26.4 Å². The van der Waals surface area contributed by atoms with Crippen LogP contribution in [0.15, 0.2) is 54.9 Å². The molecule has 4 rings (SSSR count). The molecule has 4 aromatic rings. The van der Waals surface area contributed by atoms with Gasteiger partial charge in [-0.05, 0) is 48.4 Å². The topological polar surface area (TPSA) is 110 Å². The average molecular weight is 742 g/mol. The quantitative estimate of drug-likeness (QED) is 0.0576. The van der Waals surface area contributed by atoms with Gasteiger partial charge in [-0.15, -0.1) is 0 Å². The van der Waals surface area contributed by atoms with Gasteiger partial charge in [0.15, 0.2) is 22.5 Å². The van der Waals surface area contributed by atoms with Crippen LogP contribution in [-0.2, 0) is 16.2 Å². The summed E-state index contributed by atoms with van der Waals surface area (Å²) in [6, 6.07) is 11.9. The molecule has 0 atom stereocenters. The number of aromatic nitrogens is 2. The van der Waals surface area contributed by atoms with E-state index in [1.54, 1.807) is 37.3 Å². The lowest BCUT2D eigenvalue weighted by Crippen LogP contribution is -2.38. The fourth-order valence-electron chi connectivity index (χ4n) is 5.08. The first-order valence-corrected chi connectivity index (χ1v) is 21.0. The van der Waals surface area contributed by atoms with E-state index in [1.165, 1.54) is 6.20 Å². The molecular formula is C37H49F2N5O5SSi. The van der Waals surface area contributed by atoms with Crippen molar-refractivity contribution in [1.82, 2.24) is 19.8 Å². The molecule has 3 N–H and O–H groups in total. The van der Waals surface area contributed by atoms with Gasteiger partial charge < -0.3 is 39.4 Å². The first-order valence-electron chi connectivity index (χ1n) is 16.9. The van der Waals surface area contributed by atoms with Gasteiger partial charge in [-0.1, -0.05) is 45.6 Å². The SMILES string of the molecule is COCCCN(C)C(=O)c1ccc(-c2cn(COCC[Si](C)(C)C)c3nccc(Oc4c(F)cc(NC(=S)NCC(C)(C)CO)cc4F)c23)cc1. The number of benzene rings is 2. The van der Waals surface area contributed by atoms with Crippen molar-refractivity contribution < 1.29 is 32.9 Å². The van der Waals surface area contributed by atoms with E-state index in [0.717, 1.165) is 30.2 Å². The highest BCUT2D eigenvalue weighted by Gasteiger charge is 2.22. The number of hydrogen-bond donors (Lipinski definition) is 3. The molecule has 2 aromatic carbocycles. The van der Waals surface area contributed by atoms with Crippen molar-refractivity contribution in [3.05, 3.63) is 72.1 Å². The van der Waals surface area contributed by atoms with Gasteiger partial charge in [-0.2, -0.15) is 0 Å². The molecule has 14 heteroatoms. The Labute approximate surface area is 305 Å². The molecular weight excluding hydrogens is 693 g/mol. The van der Waals surface area contributed by atoms with Crippen LogP contribution in [-0.4, -0.2) is 85.7 Å². The molecule has 276 valence electrons. The highest BCUT2D eigenvalue weighted by Crippen LogP contribution is 2.40. The van der Waals surface area contributed by atoms with Crippen molar-refractivity contribution >= 4 is 48.0 Å². The molecule has 10 nitrogen and oxygen atoms in total. The van der Waals surface area contributed by atoms with Crippen LogP contribution < -0.4 is 15.4 Å². The summed E-state index contributed by atoms with van der Waals surface area (Å²) in [5.74, 6) is -2.38. The van der Waals surface area contributed by atoms with Crippen LogP contribution in [0.4, 0.5) is 14.5 Å². The van der Waals surface area contributed by atoms with Crippen molar-refractivity contribution in [3.63, 3.8) is 0 Å². The number of methoxy groups -OCH3 is 1. The molecule has 0 aliphatic rings. The van der Waals surface area contributed by atoms with Gasteiger partial charge in [0.25, 0.3) is 5.91 Å². The average Bonchev–Trinajstić information content (AvgIpc) is 3.46. The highest BCUT2D eigenvalue weighted by atomic mass is 32.1. The molecule has 0 unspecified atom stereocenters. The largest absolute Gasteiger partial charge is 0.450 e. The molecule has 0 bridgehead atoms. The van der Waals surface area contributed by atoms with Crippen LogP contribution in [0, 0.1) is 17.0 Å². The molecule has 0 spiro atoms. The number of pyridine rings is 1. The fourth-order valence-corrected chi connectivity index (χ4v) is 6.03. The van der Waals surface area contributed by atoms with Crippen LogP contribution in [0.3, 0.4) is 0 Å². The van der Waals surface area contributed by atoms with Gasteiger partial charge in [0, 0.05) is 102 Å². The first-order chi connectivity index (χ1) is 24.1. The fraction of sp³-hybridized carbons (Fsp3) is 0.432. The van der Waals surface area contributed by atoms with E-state index in [1.807, 2.05) is 36.7 Å². The van der Waals surface area contributed by atoms with Crippen molar-refractivity contribution in [2.24, 2.45) is 5.41 Å². The Kier molecular flexibility index (Phi) is 13.7. The second-order valence-corrected chi connectivity index (χ2v) is 20.5. The number of hydrogen-bond acceptors (Lipinski definition) is 7. The maximum Gasteiger partial charge on any atom is 0.253 e. The van der Waals surface area contributed by atoms with E-state index in [-0.39, 0.29) is 35.8 Å². The van der Waals surface area contributed by atoms with Crippen LogP contribution in [0.1, 0.15) is 30.6 Å². The minimum atomic E-state index is -1.32.